The number of anilines is 1. The molecule has 5 nitrogen and oxygen atoms in total. The van der Waals surface area contributed by atoms with Gasteiger partial charge in [-0.1, -0.05) is 13.8 Å². The zero-order valence-corrected chi connectivity index (χ0v) is 12.8. The maximum absolute atomic E-state index is 5.85. The Morgan fingerprint density at radius 3 is 2.80 bits per heavy atom. The second-order valence-electron chi connectivity index (χ2n) is 5.97. The zero-order chi connectivity index (χ0) is 14.4. The Kier molecular flexibility index (Phi) is 5.86. The van der Waals surface area contributed by atoms with Crippen LogP contribution < -0.4 is 10.6 Å². The number of nitrogens with two attached hydrogens (primary N) is 1. The predicted molar refractivity (Wildman–Crippen MR) is 81.9 cm³/mol. The van der Waals surface area contributed by atoms with E-state index < -0.39 is 0 Å². The molecule has 0 aromatic carbocycles. The van der Waals surface area contributed by atoms with Crippen molar-refractivity contribution >= 4 is 5.95 Å². The summed E-state index contributed by atoms with van der Waals surface area (Å²) in [5.41, 5.74) is 5.49. The van der Waals surface area contributed by atoms with Crippen LogP contribution >= 0.6 is 0 Å². The lowest BCUT2D eigenvalue weighted by molar-refractivity contribution is 0.0364. The summed E-state index contributed by atoms with van der Waals surface area (Å²) in [7, 11) is 0. The second-order valence-corrected chi connectivity index (χ2v) is 5.97. The van der Waals surface area contributed by atoms with E-state index in [0.717, 1.165) is 51.5 Å². The summed E-state index contributed by atoms with van der Waals surface area (Å²) in [5.74, 6) is 1.75. The number of nitrogens with zero attached hydrogens (tertiary/aromatic N) is 3. The van der Waals surface area contributed by atoms with Gasteiger partial charge in [0.2, 0.25) is 5.95 Å². The van der Waals surface area contributed by atoms with E-state index in [1.54, 1.807) is 0 Å². The molecule has 0 spiro atoms. The third kappa shape index (κ3) is 4.21. The number of aromatic nitrogens is 2. The third-order valence-corrected chi connectivity index (χ3v) is 3.68. The van der Waals surface area contributed by atoms with Gasteiger partial charge in [-0.2, -0.15) is 0 Å². The highest BCUT2D eigenvalue weighted by molar-refractivity contribution is 5.32. The van der Waals surface area contributed by atoms with Crippen LogP contribution in [-0.2, 0) is 11.3 Å². The molecule has 2 rings (SSSR count). The van der Waals surface area contributed by atoms with Crippen molar-refractivity contribution in [3.05, 3.63) is 12.4 Å². The smallest absolute Gasteiger partial charge is 0.205 e. The van der Waals surface area contributed by atoms with Crippen molar-refractivity contribution in [1.82, 2.24) is 9.55 Å². The maximum Gasteiger partial charge on any atom is 0.205 e. The van der Waals surface area contributed by atoms with Crippen molar-refractivity contribution < 1.29 is 4.74 Å². The third-order valence-electron chi connectivity index (χ3n) is 3.68. The molecule has 2 heterocycles. The van der Waals surface area contributed by atoms with Crippen LogP contribution in [0, 0.1) is 5.92 Å². The lowest BCUT2D eigenvalue weighted by Crippen LogP contribution is -2.38. The summed E-state index contributed by atoms with van der Waals surface area (Å²) in [6, 6.07) is 0. The van der Waals surface area contributed by atoms with Gasteiger partial charge in [0, 0.05) is 38.6 Å². The Morgan fingerprint density at radius 1 is 1.40 bits per heavy atom. The molecule has 0 unspecified atom stereocenters. The molecule has 0 bridgehead atoms. The lowest BCUT2D eigenvalue weighted by atomic mass is 10.1. The number of imidazole rings is 1. The van der Waals surface area contributed by atoms with E-state index in [0.29, 0.717) is 18.6 Å². The summed E-state index contributed by atoms with van der Waals surface area (Å²) < 4.78 is 8.11. The molecule has 0 atom stereocenters. The van der Waals surface area contributed by atoms with E-state index in [1.807, 2.05) is 6.20 Å². The molecule has 5 heteroatoms. The fourth-order valence-electron chi connectivity index (χ4n) is 2.68. The molecule has 1 aliphatic rings. The van der Waals surface area contributed by atoms with Gasteiger partial charge in [0.1, 0.15) is 0 Å². The van der Waals surface area contributed by atoms with Gasteiger partial charge in [0.05, 0.1) is 6.10 Å². The number of ether oxygens (including phenoxy) is 1. The Bertz CT molecular complexity index is 383. The number of hydrogen-bond donors (Lipinski definition) is 1. The van der Waals surface area contributed by atoms with E-state index in [1.165, 1.54) is 0 Å². The second kappa shape index (κ2) is 7.64. The molecule has 20 heavy (non-hydrogen) atoms. The molecule has 0 aliphatic carbocycles. The molecule has 0 saturated carbocycles. The van der Waals surface area contributed by atoms with E-state index in [-0.39, 0.29) is 0 Å². The van der Waals surface area contributed by atoms with Gasteiger partial charge in [-0.3, -0.25) is 0 Å². The fourth-order valence-corrected chi connectivity index (χ4v) is 2.68. The topological polar surface area (TPSA) is 56.3 Å². The van der Waals surface area contributed by atoms with Crippen molar-refractivity contribution in [2.45, 2.75) is 45.8 Å². The minimum atomic E-state index is 0.395. The first-order valence-electron chi connectivity index (χ1n) is 7.78. The maximum atomic E-state index is 5.85. The number of piperidine rings is 1. The van der Waals surface area contributed by atoms with Crippen molar-refractivity contribution in [2.24, 2.45) is 11.7 Å². The van der Waals surface area contributed by atoms with Crippen molar-refractivity contribution in [1.29, 1.82) is 0 Å². The first-order valence-corrected chi connectivity index (χ1v) is 7.78. The quantitative estimate of drug-likeness (QED) is 0.775. The Labute approximate surface area is 122 Å². The van der Waals surface area contributed by atoms with E-state index in [9.17, 15) is 0 Å². The van der Waals surface area contributed by atoms with Gasteiger partial charge in [0.25, 0.3) is 0 Å². The van der Waals surface area contributed by atoms with Gasteiger partial charge in [-0.05, 0) is 31.7 Å². The summed E-state index contributed by atoms with van der Waals surface area (Å²) >= 11 is 0. The number of hydrogen-bond acceptors (Lipinski definition) is 4. The van der Waals surface area contributed by atoms with Crippen molar-refractivity contribution in [2.75, 3.05) is 31.1 Å². The molecule has 1 aliphatic heterocycles. The van der Waals surface area contributed by atoms with Gasteiger partial charge in [0.15, 0.2) is 0 Å². The van der Waals surface area contributed by atoms with Crippen LogP contribution in [0.15, 0.2) is 12.4 Å². The van der Waals surface area contributed by atoms with Crippen molar-refractivity contribution in [3.63, 3.8) is 0 Å². The highest BCUT2D eigenvalue weighted by Crippen LogP contribution is 2.21. The monoisotopic (exact) mass is 280 g/mol. The SMILES string of the molecule is CC(C)Cn1ccnc1N1CCC(OCCCN)CC1. The van der Waals surface area contributed by atoms with Crippen LogP contribution in [0.25, 0.3) is 0 Å². The largest absolute Gasteiger partial charge is 0.378 e. The van der Waals surface area contributed by atoms with E-state index in [2.05, 4.69) is 34.5 Å². The summed E-state index contributed by atoms with van der Waals surface area (Å²) in [5, 5.41) is 0. The zero-order valence-electron chi connectivity index (χ0n) is 12.8. The minimum absolute atomic E-state index is 0.395. The molecule has 0 radical (unpaired) electrons. The van der Waals surface area contributed by atoms with Gasteiger partial charge >= 0.3 is 0 Å². The van der Waals surface area contributed by atoms with Gasteiger partial charge < -0.3 is 19.9 Å². The molecule has 1 saturated heterocycles. The normalized spacial score (nSPS) is 17.1. The Hall–Kier alpha value is -1.07. The van der Waals surface area contributed by atoms with Crippen LogP contribution in [-0.4, -0.2) is 41.9 Å². The van der Waals surface area contributed by atoms with E-state index >= 15 is 0 Å². The average Bonchev–Trinajstić information content (AvgIpc) is 2.87. The summed E-state index contributed by atoms with van der Waals surface area (Å²) in [6.07, 6.45) is 7.50. The Balaban J connectivity index is 1.83. The summed E-state index contributed by atoms with van der Waals surface area (Å²) in [6.45, 7) is 9.07. The summed E-state index contributed by atoms with van der Waals surface area (Å²) in [4.78, 5) is 6.91. The molecule has 0 amide bonds. The standard InChI is InChI=1S/C15H28N4O/c1-13(2)12-19-10-7-17-15(19)18-8-4-14(5-9-18)20-11-3-6-16/h7,10,13-14H,3-6,8-9,11-12,16H2,1-2H3. The molecule has 1 aromatic rings. The van der Waals surface area contributed by atoms with Gasteiger partial charge in [-0.25, -0.2) is 4.98 Å². The molecule has 1 aromatic heterocycles. The molecule has 1 fully saturated rings. The fraction of sp³-hybridized carbons (Fsp3) is 0.800. The molecule has 2 N–H and O–H groups in total. The molecular weight excluding hydrogens is 252 g/mol. The van der Waals surface area contributed by atoms with Crippen molar-refractivity contribution in [3.8, 4) is 0 Å². The molecule has 114 valence electrons. The Morgan fingerprint density at radius 2 is 2.15 bits per heavy atom. The van der Waals surface area contributed by atoms with Crippen LogP contribution in [0.4, 0.5) is 5.95 Å². The van der Waals surface area contributed by atoms with E-state index in [4.69, 9.17) is 10.5 Å². The minimum Gasteiger partial charge on any atom is -0.378 e. The van der Waals surface area contributed by atoms with Crippen LogP contribution in [0.1, 0.15) is 33.1 Å². The predicted octanol–water partition coefficient (Wildman–Crippen LogP) is 1.87. The van der Waals surface area contributed by atoms with Crippen LogP contribution in [0.3, 0.4) is 0 Å². The lowest BCUT2D eigenvalue weighted by Gasteiger charge is -2.33. The number of rotatable bonds is 7. The highest BCUT2D eigenvalue weighted by Gasteiger charge is 2.22. The van der Waals surface area contributed by atoms with Crippen LogP contribution in [0.5, 0.6) is 0 Å². The van der Waals surface area contributed by atoms with Gasteiger partial charge in [-0.15, -0.1) is 0 Å². The van der Waals surface area contributed by atoms with Crippen LogP contribution in [0.2, 0.25) is 0 Å². The first-order chi connectivity index (χ1) is 9.70. The molecular formula is C15H28N4O. The first kappa shape index (κ1) is 15.3. The highest BCUT2D eigenvalue weighted by atomic mass is 16.5. The average molecular weight is 280 g/mol.